The molecule has 0 bridgehead atoms. The van der Waals surface area contributed by atoms with Crippen LogP contribution in [0, 0.1) is 11.3 Å². The number of hydrogen-bond donors (Lipinski definition) is 1. The van der Waals surface area contributed by atoms with Gasteiger partial charge in [0.05, 0.1) is 13.0 Å². The highest BCUT2D eigenvalue weighted by Crippen LogP contribution is 2.54. The zero-order chi connectivity index (χ0) is 7.90. The molecule has 2 fully saturated rings. The van der Waals surface area contributed by atoms with Gasteiger partial charge in [-0.2, -0.15) is 0 Å². The second-order valence-electron chi connectivity index (χ2n) is 3.57. The first kappa shape index (κ1) is 9.81. The maximum atomic E-state index is 11.2. The fourth-order valence-corrected chi connectivity index (χ4v) is 1.97. The van der Waals surface area contributed by atoms with Crippen LogP contribution in [0.15, 0.2) is 0 Å². The van der Waals surface area contributed by atoms with Crippen molar-refractivity contribution < 1.29 is 9.53 Å². The Labute approximate surface area is 78.3 Å². The van der Waals surface area contributed by atoms with Gasteiger partial charge in [0.1, 0.15) is 0 Å². The molecule has 3 nitrogen and oxygen atoms in total. The first-order valence-electron chi connectivity index (χ1n) is 4.07. The molecule has 0 amide bonds. The Kier molecular flexibility index (Phi) is 2.64. The van der Waals surface area contributed by atoms with Gasteiger partial charge in [0, 0.05) is 13.1 Å². The number of carbonyl (C=O) groups excluding carboxylic acids is 1. The average molecular weight is 192 g/mol. The van der Waals surface area contributed by atoms with E-state index in [1.54, 1.807) is 0 Å². The van der Waals surface area contributed by atoms with E-state index in [2.05, 4.69) is 5.32 Å². The van der Waals surface area contributed by atoms with E-state index < -0.39 is 0 Å². The van der Waals surface area contributed by atoms with E-state index in [0.29, 0.717) is 5.41 Å². The Morgan fingerprint density at radius 2 is 2.25 bits per heavy atom. The predicted octanol–water partition coefficient (Wildman–Crippen LogP) is 0.581. The van der Waals surface area contributed by atoms with E-state index in [0.717, 1.165) is 13.1 Å². The van der Waals surface area contributed by atoms with Crippen molar-refractivity contribution in [1.29, 1.82) is 0 Å². The summed E-state index contributed by atoms with van der Waals surface area (Å²) in [5, 5.41) is 3.24. The Morgan fingerprint density at radius 3 is 2.75 bits per heavy atom. The van der Waals surface area contributed by atoms with Gasteiger partial charge in [0.15, 0.2) is 0 Å². The summed E-state index contributed by atoms with van der Waals surface area (Å²) in [4.78, 5) is 11.2. The first-order chi connectivity index (χ1) is 5.28. The van der Waals surface area contributed by atoms with Gasteiger partial charge in [0.25, 0.3) is 0 Å². The van der Waals surface area contributed by atoms with Crippen LogP contribution in [0.3, 0.4) is 0 Å². The summed E-state index contributed by atoms with van der Waals surface area (Å²) in [6.07, 6.45) is 2.39. The summed E-state index contributed by atoms with van der Waals surface area (Å²) in [6.45, 7) is 1.82. The SMILES string of the molecule is COC(=O)C1CNCC12CC2.Cl. The van der Waals surface area contributed by atoms with Gasteiger partial charge >= 0.3 is 5.97 Å². The second-order valence-corrected chi connectivity index (χ2v) is 3.57. The van der Waals surface area contributed by atoms with Crippen molar-refractivity contribution in [3.8, 4) is 0 Å². The molecule has 0 aromatic heterocycles. The molecule has 2 aliphatic rings. The van der Waals surface area contributed by atoms with Crippen molar-refractivity contribution in [2.24, 2.45) is 11.3 Å². The third kappa shape index (κ3) is 1.31. The van der Waals surface area contributed by atoms with Gasteiger partial charge in [-0.15, -0.1) is 12.4 Å². The van der Waals surface area contributed by atoms with Gasteiger partial charge in [-0.05, 0) is 18.3 Å². The van der Waals surface area contributed by atoms with Crippen LogP contribution < -0.4 is 5.32 Å². The highest BCUT2D eigenvalue weighted by atomic mass is 35.5. The molecule has 1 aliphatic heterocycles. The maximum Gasteiger partial charge on any atom is 0.310 e. The lowest BCUT2D eigenvalue weighted by atomic mass is 9.93. The molecule has 0 aromatic rings. The quantitative estimate of drug-likeness (QED) is 0.617. The predicted molar refractivity (Wildman–Crippen MR) is 47.3 cm³/mol. The zero-order valence-corrected chi connectivity index (χ0v) is 7.95. The number of nitrogens with one attached hydrogen (secondary N) is 1. The summed E-state index contributed by atoms with van der Waals surface area (Å²) >= 11 is 0. The minimum atomic E-state index is -0.0347. The third-order valence-corrected chi connectivity index (χ3v) is 2.94. The van der Waals surface area contributed by atoms with Gasteiger partial charge < -0.3 is 10.1 Å². The minimum absolute atomic E-state index is 0. The first-order valence-corrected chi connectivity index (χ1v) is 4.07. The van der Waals surface area contributed by atoms with E-state index in [-0.39, 0.29) is 24.3 Å². The van der Waals surface area contributed by atoms with Crippen molar-refractivity contribution >= 4 is 18.4 Å². The van der Waals surface area contributed by atoms with Crippen LogP contribution in [-0.4, -0.2) is 26.2 Å². The maximum absolute atomic E-state index is 11.2. The molecule has 1 spiro atoms. The normalized spacial score (nSPS) is 29.6. The molecule has 0 aromatic carbocycles. The van der Waals surface area contributed by atoms with Crippen molar-refractivity contribution in [2.45, 2.75) is 12.8 Å². The molecule has 2 rings (SSSR count). The molecule has 0 radical (unpaired) electrons. The molecule has 12 heavy (non-hydrogen) atoms. The molecule has 1 unspecified atom stereocenters. The van der Waals surface area contributed by atoms with Crippen LogP contribution in [0.2, 0.25) is 0 Å². The molecule has 1 saturated heterocycles. The number of rotatable bonds is 1. The standard InChI is InChI=1S/C8H13NO2.ClH/c1-11-7(10)6-4-9-5-8(6)2-3-8;/h6,9H,2-5H2,1H3;1H. The Balaban J connectivity index is 0.000000720. The van der Waals surface area contributed by atoms with E-state index in [9.17, 15) is 4.79 Å². The molecule has 70 valence electrons. The lowest BCUT2D eigenvalue weighted by Crippen LogP contribution is -2.24. The van der Waals surface area contributed by atoms with Crippen LogP contribution in [0.1, 0.15) is 12.8 Å². The number of ether oxygens (including phenoxy) is 1. The molecule has 1 N–H and O–H groups in total. The zero-order valence-electron chi connectivity index (χ0n) is 7.13. The van der Waals surface area contributed by atoms with E-state index in [1.165, 1.54) is 20.0 Å². The summed E-state index contributed by atoms with van der Waals surface area (Å²) in [7, 11) is 1.47. The molecule has 1 aliphatic carbocycles. The molecule has 4 heteroatoms. The van der Waals surface area contributed by atoms with Crippen LogP contribution in [0.5, 0.6) is 0 Å². The smallest absolute Gasteiger partial charge is 0.310 e. The van der Waals surface area contributed by atoms with Gasteiger partial charge in [-0.25, -0.2) is 0 Å². The monoisotopic (exact) mass is 191 g/mol. The Morgan fingerprint density at radius 1 is 1.58 bits per heavy atom. The number of hydrogen-bond acceptors (Lipinski definition) is 3. The van der Waals surface area contributed by atoms with Crippen molar-refractivity contribution in [2.75, 3.05) is 20.2 Å². The van der Waals surface area contributed by atoms with E-state index in [1.807, 2.05) is 0 Å². The molecular weight excluding hydrogens is 178 g/mol. The van der Waals surface area contributed by atoms with Crippen LogP contribution >= 0.6 is 12.4 Å². The van der Waals surface area contributed by atoms with E-state index >= 15 is 0 Å². The minimum Gasteiger partial charge on any atom is -0.469 e. The molecule has 1 heterocycles. The average Bonchev–Trinajstić information content (AvgIpc) is 2.63. The van der Waals surface area contributed by atoms with Crippen LogP contribution in [0.25, 0.3) is 0 Å². The largest absolute Gasteiger partial charge is 0.469 e. The number of esters is 1. The number of carbonyl (C=O) groups is 1. The van der Waals surface area contributed by atoms with Crippen LogP contribution in [0.4, 0.5) is 0 Å². The Bertz CT molecular complexity index is 191. The summed E-state index contributed by atoms with van der Waals surface area (Å²) < 4.78 is 4.73. The fourth-order valence-electron chi connectivity index (χ4n) is 1.97. The molecule has 1 saturated carbocycles. The van der Waals surface area contributed by atoms with Crippen LogP contribution in [-0.2, 0) is 9.53 Å². The topological polar surface area (TPSA) is 38.3 Å². The molecule has 1 atom stereocenters. The second kappa shape index (κ2) is 3.23. The van der Waals surface area contributed by atoms with Gasteiger partial charge in [-0.1, -0.05) is 0 Å². The fraction of sp³-hybridized carbons (Fsp3) is 0.875. The summed E-state index contributed by atoms with van der Waals surface area (Å²) in [6, 6.07) is 0. The highest BCUT2D eigenvalue weighted by Gasteiger charge is 2.55. The van der Waals surface area contributed by atoms with E-state index in [4.69, 9.17) is 4.74 Å². The lowest BCUT2D eigenvalue weighted by Gasteiger charge is -2.13. The lowest BCUT2D eigenvalue weighted by molar-refractivity contribution is -0.146. The highest BCUT2D eigenvalue weighted by molar-refractivity contribution is 5.85. The van der Waals surface area contributed by atoms with Crippen molar-refractivity contribution in [3.63, 3.8) is 0 Å². The summed E-state index contributed by atoms with van der Waals surface area (Å²) in [5.41, 5.74) is 0.299. The molecular formula is C8H14ClNO2. The van der Waals surface area contributed by atoms with Crippen molar-refractivity contribution in [3.05, 3.63) is 0 Å². The third-order valence-electron chi connectivity index (χ3n) is 2.94. The van der Waals surface area contributed by atoms with Crippen molar-refractivity contribution in [1.82, 2.24) is 5.32 Å². The van der Waals surface area contributed by atoms with Gasteiger partial charge in [0.2, 0.25) is 0 Å². The Hall–Kier alpha value is -0.280. The number of halogens is 1. The van der Waals surface area contributed by atoms with Gasteiger partial charge in [-0.3, -0.25) is 4.79 Å². The summed E-state index contributed by atoms with van der Waals surface area (Å²) in [5.74, 6) is 0.0972. The number of methoxy groups -OCH3 is 1.